The molecule has 2 aromatic rings. The zero-order valence-electron chi connectivity index (χ0n) is 9.49. The Morgan fingerprint density at radius 1 is 1.25 bits per heavy atom. The Morgan fingerprint density at radius 3 is 2.56 bits per heavy atom. The smallest absolute Gasteiger partial charge is 0.172 e. The number of hydrogen-bond acceptors (Lipinski definition) is 2. The van der Waals surface area contributed by atoms with Crippen LogP contribution < -0.4 is 0 Å². The van der Waals surface area contributed by atoms with Crippen molar-refractivity contribution in [2.24, 2.45) is 0 Å². The predicted molar refractivity (Wildman–Crippen MR) is 69.1 cm³/mol. The summed E-state index contributed by atoms with van der Waals surface area (Å²) < 4.78 is 0. The van der Waals surface area contributed by atoms with Crippen molar-refractivity contribution in [2.45, 2.75) is 20.3 Å². The van der Waals surface area contributed by atoms with Gasteiger partial charge in [-0.2, -0.15) is 0 Å². The normalized spacial score (nSPS) is 10.4. The maximum atomic E-state index is 11.6. The minimum absolute atomic E-state index is 0.232. The summed E-state index contributed by atoms with van der Waals surface area (Å²) in [5.74, 6) is 0.232. The van der Waals surface area contributed by atoms with E-state index in [0.717, 1.165) is 4.88 Å². The predicted octanol–water partition coefficient (Wildman–Crippen LogP) is 4.32. The molecule has 0 fully saturated rings. The number of benzene rings is 1. The minimum atomic E-state index is 0.232. The number of Topliss-reactive ketones (excluding diaryl/α,β-unsaturated/α-hetero) is 1. The number of thiophene rings is 1. The SMILES string of the molecule is CCC(=O)c1cc(C)c(-c2ccccc2)s1. The number of aryl methyl sites for hydroxylation is 1. The molecule has 0 bridgehead atoms. The molecule has 0 spiro atoms. The monoisotopic (exact) mass is 230 g/mol. The lowest BCUT2D eigenvalue weighted by atomic mass is 10.1. The van der Waals surface area contributed by atoms with Gasteiger partial charge in [0, 0.05) is 11.3 Å². The number of carbonyl (C=O) groups is 1. The molecular formula is C14H14OS. The fourth-order valence-electron chi connectivity index (χ4n) is 1.67. The van der Waals surface area contributed by atoms with Gasteiger partial charge in [-0.15, -0.1) is 11.3 Å². The van der Waals surface area contributed by atoms with Crippen molar-refractivity contribution in [3.8, 4) is 10.4 Å². The molecule has 0 amide bonds. The molecule has 1 aromatic heterocycles. The van der Waals surface area contributed by atoms with E-state index in [-0.39, 0.29) is 5.78 Å². The van der Waals surface area contributed by atoms with Crippen LogP contribution in [-0.2, 0) is 0 Å². The fourth-order valence-corrected chi connectivity index (χ4v) is 2.86. The average Bonchev–Trinajstić information content (AvgIpc) is 2.71. The summed E-state index contributed by atoms with van der Waals surface area (Å²) in [7, 11) is 0. The molecule has 82 valence electrons. The van der Waals surface area contributed by atoms with Crippen LogP contribution in [0.3, 0.4) is 0 Å². The first-order valence-corrected chi connectivity index (χ1v) is 6.23. The van der Waals surface area contributed by atoms with Gasteiger partial charge in [0.2, 0.25) is 0 Å². The molecule has 1 aromatic carbocycles. The van der Waals surface area contributed by atoms with Crippen molar-refractivity contribution in [3.05, 3.63) is 46.8 Å². The van der Waals surface area contributed by atoms with Gasteiger partial charge in [0.15, 0.2) is 5.78 Å². The van der Waals surface area contributed by atoms with Crippen LogP contribution in [0.1, 0.15) is 28.6 Å². The maximum absolute atomic E-state index is 11.6. The van der Waals surface area contributed by atoms with Gasteiger partial charge < -0.3 is 0 Å². The van der Waals surface area contributed by atoms with Crippen LogP contribution in [0.5, 0.6) is 0 Å². The lowest BCUT2D eigenvalue weighted by Crippen LogP contribution is -1.90. The molecule has 0 N–H and O–H groups in total. The molecule has 0 atom stereocenters. The average molecular weight is 230 g/mol. The second-order valence-electron chi connectivity index (χ2n) is 3.77. The van der Waals surface area contributed by atoms with E-state index >= 15 is 0 Å². The van der Waals surface area contributed by atoms with E-state index in [1.807, 2.05) is 31.2 Å². The highest BCUT2D eigenvalue weighted by Gasteiger charge is 2.11. The zero-order valence-corrected chi connectivity index (χ0v) is 10.3. The van der Waals surface area contributed by atoms with Crippen LogP contribution in [0.2, 0.25) is 0 Å². The Hall–Kier alpha value is -1.41. The fraction of sp³-hybridized carbons (Fsp3) is 0.214. The van der Waals surface area contributed by atoms with Crippen molar-refractivity contribution in [3.63, 3.8) is 0 Å². The lowest BCUT2D eigenvalue weighted by Gasteiger charge is -1.97. The van der Waals surface area contributed by atoms with Crippen molar-refractivity contribution < 1.29 is 4.79 Å². The topological polar surface area (TPSA) is 17.1 Å². The molecule has 0 radical (unpaired) electrons. The summed E-state index contributed by atoms with van der Waals surface area (Å²) in [6.07, 6.45) is 0.578. The van der Waals surface area contributed by atoms with Gasteiger partial charge in [0.05, 0.1) is 4.88 Å². The molecule has 0 saturated carbocycles. The standard InChI is InChI=1S/C14H14OS/c1-3-12(15)13-9-10(2)14(16-13)11-7-5-4-6-8-11/h4-9H,3H2,1-2H3. The summed E-state index contributed by atoms with van der Waals surface area (Å²) in [6, 6.07) is 12.2. The van der Waals surface area contributed by atoms with Gasteiger partial charge in [0.25, 0.3) is 0 Å². The van der Waals surface area contributed by atoms with Gasteiger partial charge in [-0.25, -0.2) is 0 Å². The molecule has 16 heavy (non-hydrogen) atoms. The van der Waals surface area contributed by atoms with E-state index in [2.05, 4.69) is 19.1 Å². The van der Waals surface area contributed by atoms with Crippen LogP contribution in [0.15, 0.2) is 36.4 Å². The number of hydrogen-bond donors (Lipinski definition) is 0. The number of rotatable bonds is 3. The van der Waals surface area contributed by atoms with E-state index in [1.54, 1.807) is 11.3 Å². The third-order valence-electron chi connectivity index (χ3n) is 2.55. The van der Waals surface area contributed by atoms with Gasteiger partial charge in [-0.3, -0.25) is 4.79 Å². The highest BCUT2D eigenvalue weighted by Crippen LogP contribution is 2.32. The quantitative estimate of drug-likeness (QED) is 0.718. The third kappa shape index (κ3) is 2.07. The molecule has 0 aliphatic heterocycles. The molecule has 1 heterocycles. The summed E-state index contributed by atoms with van der Waals surface area (Å²) in [6.45, 7) is 3.96. The van der Waals surface area contributed by atoms with Gasteiger partial charge in [-0.05, 0) is 24.1 Å². The van der Waals surface area contributed by atoms with E-state index in [9.17, 15) is 4.79 Å². The molecule has 2 rings (SSSR count). The van der Waals surface area contributed by atoms with E-state index in [4.69, 9.17) is 0 Å². The minimum Gasteiger partial charge on any atom is -0.293 e. The second kappa shape index (κ2) is 4.62. The second-order valence-corrected chi connectivity index (χ2v) is 4.82. The Labute approximate surface area is 99.8 Å². The molecule has 0 unspecified atom stereocenters. The molecule has 0 aliphatic carbocycles. The molecule has 0 saturated heterocycles. The maximum Gasteiger partial charge on any atom is 0.172 e. The lowest BCUT2D eigenvalue weighted by molar-refractivity contribution is 0.0992. The van der Waals surface area contributed by atoms with Crippen molar-refractivity contribution >= 4 is 17.1 Å². The summed E-state index contributed by atoms with van der Waals surface area (Å²) >= 11 is 1.60. The van der Waals surface area contributed by atoms with Crippen molar-refractivity contribution in [2.75, 3.05) is 0 Å². The molecular weight excluding hydrogens is 216 g/mol. The Bertz CT molecular complexity index is 497. The highest BCUT2D eigenvalue weighted by atomic mass is 32.1. The van der Waals surface area contributed by atoms with E-state index < -0.39 is 0 Å². The molecule has 2 heteroatoms. The molecule has 1 nitrogen and oxygen atoms in total. The van der Waals surface area contributed by atoms with E-state index in [1.165, 1.54) is 16.0 Å². The van der Waals surface area contributed by atoms with Crippen LogP contribution in [-0.4, -0.2) is 5.78 Å². The Morgan fingerprint density at radius 2 is 1.94 bits per heavy atom. The number of ketones is 1. The largest absolute Gasteiger partial charge is 0.293 e. The molecule has 0 aliphatic rings. The first kappa shape index (κ1) is 11.1. The summed E-state index contributed by atoms with van der Waals surface area (Å²) in [4.78, 5) is 13.7. The highest BCUT2D eigenvalue weighted by molar-refractivity contribution is 7.17. The van der Waals surface area contributed by atoms with Gasteiger partial charge in [0.1, 0.15) is 0 Å². The van der Waals surface area contributed by atoms with Gasteiger partial charge >= 0.3 is 0 Å². The van der Waals surface area contributed by atoms with Crippen LogP contribution in [0, 0.1) is 6.92 Å². The van der Waals surface area contributed by atoms with Crippen LogP contribution in [0.25, 0.3) is 10.4 Å². The van der Waals surface area contributed by atoms with E-state index in [0.29, 0.717) is 6.42 Å². The Balaban J connectivity index is 2.44. The Kier molecular flexibility index (Phi) is 3.20. The first-order valence-electron chi connectivity index (χ1n) is 5.41. The summed E-state index contributed by atoms with van der Waals surface area (Å²) in [5.41, 5.74) is 2.38. The number of carbonyl (C=O) groups excluding carboxylic acids is 1. The van der Waals surface area contributed by atoms with Gasteiger partial charge in [-0.1, -0.05) is 37.3 Å². The van der Waals surface area contributed by atoms with Crippen molar-refractivity contribution in [1.29, 1.82) is 0 Å². The zero-order chi connectivity index (χ0) is 11.5. The van der Waals surface area contributed by atoms with Crippen LogP contribution in [0.4, 0.5) is 0 Å². The van der Waals surface area contributed by atoms with Crippen molar-refractivity contribution in [1.82, 2.24) is 0 Å². The summed E-state index contributed by atoms with van der Waals surface area (Å²) in [5, 5.41) is 0. The van der Waals surface area contributed by atoms with Crippen LogP contribution >= 0.6 is 11.3 Å². The first-order chi connectivity index (χ1) is 7.72. The third-order valence-corrected chi connectivity index (χ3v) is 3.88.